The summed E-state index contributed by atoms with van der Waals surface area (Å²) in [7, 11) is 0. The Hall–Kier alpha value is -3.27. The van der Waals surface area contributed by atoms with E-state index in [1.165, 1.54) is 18.2 Å². The van der Waals surface area contributed by atoms with E-state index in [1.54, 1.807) is 18.2 Å². The van der Waals surface area contributed by atoms with Gasteiger partial charge in [-0.05, 0) is 35.0 Å². The topological polar surface area (TPSA) is 50.2 Å². The molecule has 3 aromatic carbocycles. The molecule has 0 unspecified atom stereocenters. The number of fused-ring (bicyclic) bond motifs is 3. The number of pyridine rings is 1. The Kier molecular flexibility index (Phi) is 3.24. The van der Waals surface area contributed by atoms with Crippen LogP contribution in [0.15, 0.2) is 66.7 Å². The number of benzene rings is 3. The third-order valence-corrected chi connectivity index (χ3v) is 4.05. The maximum absolute atomic E-state index is 13.5. The molecular formula is C20H12FNO2. The predicted octanol–water partition coefficient (Wildman–Crippen LogP) is 4.89. The van der Waals surface area contributed by atoms with E-state index in [2.05, 4.69) is 4.98 Å². The van der Waals surface area contributed by atoms with E-state index < -0.39 is 5.97 Å². The predicted molar refractivity (Wildman–Crippen MR) is 91.6 cm³/mol. The smallest absolute Gasteiger partial charge is 0.336 e. The first-order valence-corrected chi connectivity index (χ1v) is 7.45. The molecule has 0 amide bonds. The van der Waals surface area contributed by atoms with Crippen LogP contribution in [0.25, 0.3) is 32.9 Å². The number of aromatic nitrogens is 1. The number of halogens is 1. The molecule has 116 valence electrons. The van der Waals surface area contributed by atoms with Gasteiger partial charge in [-0.25, -0.2) is 14.2 Å². The molecule has 0 aliphatic heterocycles. The van der Waals surface area contributed by atoms with Crippen LogP contribution in [-0.4, -0.2) is 16.1 Å². The van der Waals surface area contributed by atoms with Crippen molar-refractivity contribution in [2.45, 2.75) is 0 Å². The molecular weight excluding hydrogens is 305 g/mol. The van der Waals surface area contributed by atoms with E-state index in [9.17, 15) is 14.3 Å². The molecule has 1 aromatic heterocycles. The number of aromatic carboxylic acids is 1. The van der Waals surface area contributed by atoms with Gasteiger partial charge in [0.15, 0.2) is 0 Å². The third kappa shape index (κ3) is 2.29. The van der Waals surface area contributed by atoms with Crippen molar-refractivity contribution in [3.05, 3.63) is 78.1 Å². The van der Waals surface area contributed by atoms with Crippen LogP contribution >= 0.6 is 0 Å². The van der Waals surface area contributed by atoms with E-state index in [-0.39, 0.29) is 11.4 Å². The van der Waals surface area contributed by atoms with Gasteiger partial charge in [0.1, 0.15) is 5.82 Å². The van der Waals surface area contributed by atoms with Gasteiger partial charge in [-0.15, -0.1) is 0 Å². The van der Waals surface area contributed by atoms with E-state index in [4.69, 9.17) is 0 Å². The summed E-state index contributed by atoms with van der Waals surface area (Å²) in [6, 6.07) is 18.8. The molecule has 0 radical (unpaired) electrons. The van der Waals surface area contributed by atoms with Gasteiger partial charge in [-0.3, -0.25) is 0 Å². The molecule has 4 rings (SSSR count). The summed E-state index contributed by atoms with van der Waals surface area (Å²) in [6.07, 6.45) is 0. The fraction of sp³-hybridized carbons (Fsp3) is 0. The monoisotopic (exact) mass is 317 g/mol. The molecule has 0 aliphatic carbocycles. The first kappa shape index (κ1) is 14.3. The lowest BCUT2D eigenvalue weighted by atomic mass is 9.99. The van der Waals surface area contributed by atoms with Crippen LogP contribution in [0.3, 0.4) is 0 Å². The van der Waals surface area contributed by atoms with Crippen LogP contribution in [0.4, 0.5) is 4.39 Å². The second kappa shape index (κ2) is 5.42. The fourth-order valence-electron chi connectivity index (χ4n) is 2.97. The summed E-state index contributed by atoms with van der Waals surface area (Å²) in [4.78, 5) is 16.4. The van der Waals surface area contributed by atoms with Gasteiger partial charge in [0, 0.05) is 10.9 Å². The van der Waals surface area contributed by atoms with E-state index >= 15 is 0 Å². The van der Waals surface area contributed by atoms with Gasteiger partial charge in [-0.1, -0.05) is 42.5 Å². The zero-order valence-corrected chi connectivity index (χ0v) is 12.5. The van der Waals surface area contributed by atoms with Crippen molar-refractivity contribution in [2.24, 2.45) is 0 Å². The standard InChI is InChI=1S/C20H12FNO2/c21-14-6-3-5-13(10-14)18-11-16(20(23)24)19-15-7-2-1-4-12(15)8-9-17(19)22-18/h1-11H,(H,23,24). The zero-order valence-electron chi connectivity index (χ0n) is 12.5. The van der Waals surface area contributed by atoms with Crippen LogP contribution < -0.4 is 0 Å². The van der Waals surface area contributed by atoms with Gasteiger partial charge in [0.05, 0.1) is 16.8 Å². The van der Waals surface area contributed by atoms with Crippen molar-refractivity contribution < 1.29 is 14.3 Å². The summed E-state index contributed by atoms with van der Waals surface area (Å²) in [6.45, 7) is 0. The third-order valence-electron chi connectivity index (χ3n) is 4.05. The summed E-state index contributed by atoms with van der Waals surface area (Å²) in [5.41, 5.74) is 1.73. The van der Waals surface area contributed by atoms with E-state index in [1.807, 2.05) is 30.3 Å². The van der Waals surface area contributed by atoms with Gasteiger partial charge in [0.25, 0.3) is 0 Å². The molecule has 0 fully saturated rings. The lowest BCUT2D eigenvalue weighted by molar-refractivity contribution is 0.0699. The van der Waals surface area contributed by atoms with Gasteiger partial charge < -0.3 is 5.11 Å². The molecule has 0 saturated heterocycles. The molecule has 4 heteroatoms. The van der Waals surface area contributed by atoms with E-state index in [0.29, 0.717) is 22.2 Å². The average molecular weight is 317 g/mol. The van der Waals surface area contributed by atoms with E-state index in [0.717, 1.165) is 10.8 Å². The summed E-state index contributed by atoms with van der Waals surface area (Å²) >= 11 is 0. The molecule has 24 heavy (non-hydrogen) atoms. The van der Waals surface area contributed by atoms with Crippen LogP contribution in [-0.2, 0) is 0 Å². The van der Waals surface area contributed by atoms with Crippen molar-refractivity contribution in [1.29, 1.82) is 0 Å². The van der Waals surface area contributed by atoms with Crippen molar-refractivity contribution in [3.8, 4) is 11.3 Å². The van der Waals surface area contributed by atoms with Crippen molar-refractivity contribution in [3.63, 3.8) is 0 Å². The fourth-order valence-corrected chi connectivity index (χ4v) is 2.97. The molecule has 1 N–H and O–H groups in total. The Bertz CT molecular complexity index is 1110. The molecule has 0 bridgehead atoms. The molecule has 0 saturated carbocycles. The molecule has 1 heterocycles. The first-order chi connectivity index (χ1) is 11.6. The van der Waals surface area contributed by atoms with Crippen molar-refractivity contribution >= 4 is 27.6 Å². The maximum atomic E-state index is 13.5. The van der Waals surface area contributed by atoms with Gasteiger partial charge in [0.2, 0.25) is 0 Å². The summed E-state index contributed by atoms with van der Waals surface area (Å²) < 4.78 is 13.5. The quantitative estimate of drug-likeness (QED) is 0.535. The Balaban J connectivity index is 2.10. The Morgan fingerprint density at radius 1 is 0.958 bits per heavy atom. The highest BCUT2D eigenvalue weighted by Crippen LogP contribution is 2.31. The SMILES string of the molecule is O=C(O)c1cc(-c2cccc(F)c2)nc2ccc3ccccc3c12. The van der Waals surface area contributed by atoms with Crippen LogP contribution in [0, 0.1) is 5.82 Å². The van der Waals surface area contributed by atoms with Gasteiger partial charge >= 0.3 is 5.97 Å². The number of carboxylic acids is 1. The maximum Gasteiger partial charge on any atom is 0.336 e. The van der Waals surface area contributed by atoms with Crippen molar-refractivity contribution in [1.82, 2.24) is 4.98 Å². The normalized spacial score (nSPS) is 11.0. The lowest BCUT2D eigenvalue weighted by Crippen LogP contribution is -2.01. The second-order valence-electron chi connectivity index (χ2n) is 5.55. The van der Waals surface area contributed by atoms with Crippen LogP contribution in [0.1, 0.15) is 10.4 Å². The Morgan fingerprint density at radius 3 is 2.58 bits per heavy atom. The zero-order chi connectivity index (χ0) is 16.7. The number of rotatable bonds is 2. The first-order valence-electron chi connectivity index (χ1n) is 7.45. The lowest BCUT2D eigenvalue weighted by Gasteiger charge is -2.10. The minimum Gasteiger partial charge on any atom is -0.478 e. The molecule has 0 aliphatic rings. The minimum absolute atomic E-state index is 0.163. The highest BCUT2D eigenvalue weighted by Gasteiger charge is 2.15. The highest BCUT2D eigenvalue weighted by molar-refractivity contribution is 6.15. The largest absolute Gasteiger partial charge is 0.478 e. The number of carbonyl (C=O) groups is 1. The molecule has 0 atom stereocenters. The van der Waals surface area contributed by atoms with Crippen LogP contribution in [0.2, 0.25) is 0 Å². The number of hydrogen-bond acceptors (Lipinski definition) is 2. The average Bonchev–Trinajstić information content (AvgIpc) is 2.60. The van der Waals surface area contributed by atoms with Crippen LogP contribution in [0.5, 0.6) is 0 Å². The van der Waals surface area contributed by atoms with Gasteiger partial charge in [-0.2, -0.15) is 0 Å². The minimum atomic E-state index is -1.03. The molecule has 3 nitrogen and oxygen atoms in total. The second-order valence-corrected chi connectivity index (χ2v) is 5.55. The molecule has 4 aromatic rings. The highest BCUT2D eigenvalue weighted by atomic mass is 19.1. The molecule has 0 spiro atoms. The summed E-state index contributed by atoms with van der Waals surface area (Å²) in [5, 5.41) is 12.1. The Morgan fingerprint density at radius 2 is 1.79 bits per heavy atom. The number of nitrogens with zero attached hydrogens (tertiary/aromatic N) is 1. The number of carboxylic acid groups (broad SMARTS) is 1. The summed E-state index contributed by atoms with van der Waals surface area (Å²) in [5.74, 6) is -1.42. The Labute approximate surface area is 137 Å². The van der Waals surface area contributed by atoms with Crippen molar-refractivity contribution in [2.75, 3.05) is 0 Å². The number of hydrogen-bond donors (Lipinski definition) is 1.